The molecule has 0 aliphatic rings. The third kappa shape index (κ3) is 3.83. The molecule has 0 radical (unpaired) electrons. The van der Waals surface area contributed by atoms with Crippen LogP contribution in [0.3, 0.4) is 0 Å². The second kappa shape index (κ2) is 6.51. The second-order valence-electron chi connectivity index (χ2n) is 3.53. The molecule has 0 atom stereocenters. The molecule has 1 aromatic rings. The smallest absolute Gasteiger partial charge is 0.123 e. The van der Waals surface area contributed by atoms with Crippen LogP contribution < -0.4 is 10.5 Å². The molecule has 1 rings (SSSR count). The molecular weight excluding hydrogens is 229 g/mol. The number of hydrogen-bond acceptors (Lipinski definition) is 2. The summed E-state index contributed by atoms with van der Waals surface area (Å²) in [7, 11) is 0. The van der Waals surface area contributed by atoms with Crippen molar-refractivity contribution in [3.63, 3.8) is 0 Å². The Morgan fingerprint density at radius 2 is 2.31 bits per heavy atom. The molecule has 4 heteroatoms. The van der Waals surface area contributed by atoms with Gasteiger partial charge in [-0.25, -0.2) is 4.39 Å². The van der Waals surface area contributed by atoms with Crippen LogP contribution in [-0.2, 0) is 6.42 Å². The van der Waals surface area contributed by atoms with Gasteiger partial charge >= 0.3 is 0 Å². The maximum Gasteiger partial charge on any atom is 0.123 e. The van der Waals surface area contributed by atoms with E-state index in [0.29, 0.717) is 25.3 Å². The van der Waals surface area contributed by atoms with E-state index in [0.717, 1.165) is 11.1 Å². The summed E-state index contributed by atoms with van der Waals surface area (Å²) in [5.74, 6) is 0.380. The minimum atomic E-state index is -0.277. The van der Waals surface area contributed by atoms with Crippen LogP contribution in [0.2, 0.25) is 0 Å². The Kier molecular flexibility index (Phi) is 5.29. The van der Waals surface area contributed by atoms with Gasteiger partial charge in [0.2, 0.25) is 0 Å². The van der Waals surface area contributed by atoms with Crippen molar-refractivity contribution in [1.82, 2.24) is 0 Å². The first-order valence-corrected chi connectivity index (χ1v) is 5.48. The predicted octanol–water partition coefficient (Wildman–Crippen LogP) is 2.85. The molecule has 0 aliphatic carbocycles. The molecule has 0 saturated heterocycles. The van der Waals surface area contributed by atoms with Crippen LogP contribution in [0.1, 0.15) is 12.5 Å². The zero-order chi connectivity index (χ0) is 12.0. The highest BCUT2D eigenvalue weighted by Gasteiger charge is 2.05. The van der Waals surface area contributed by atoms with Gasteiger partial charge in [-0.05, 0) is 49.2 Å². The van der Waals surface area contributed by atoms with Crippen molar-refractivity contribution >= 4 is 11.6 Å². The third-order valence-corrected chi connectivity index (χ3v) is 2.45. The third-order valence-electron chi connectivity index (χ3n) is 2.08. The number of nitrogens with two attached hydrogens (primary N) is 1. The number of benzene rings is 1. The van der Waals surface area contributed by atoms with Crippen molar-refractivity contribution < 1.29 is 9.13 Å². The van der Waals surface area contributed by atoms with E-state index in [4.69, 9.17) is 22.1 Å². The van der Waals surface area contributed by atoms with Crippen LogP contribution in [0, 0.1) is 5.82 Å². The van der Waals surface area contributed by atoms with Crippen molar-refractivity contribution in [2.75, 3.05) is 13.2 Å². The monoisotopic (exact) mass is 243 g/mol. The van der Waals surface area contributed by atoms with Crippen LogP contribution in [-0.4, -0.2) is 13.2 Å². The molecule has 0 unspecified atom stereocenters. The Balaban J connectivity index is 2.77. The Hall–Kier alpha value is -1.06. The van der Waals surface area contributed by atoms with Gasteiger partial charge in [0.05, 0.1) is 0 Å². The van der Waals surface area contributed by atoms with Gasteiger partial charge in [-0.2, -0.15) is 0 Å². The van der Waals surface area contributed by atoms with Gasteiger partial charge in [0.15, 0.2) is 0 Å². The normalized spacial score (nSPS) is 11.6. The molecular formula is C12H15ClFNO. The largest absolute Gasteiger partial charge is 0.489 e. The molecule has 16 heavy (non-hydrogen) atoms. The summed E-state index contributed by atoms with van der Waals surface area (Å²) in [4.78, 5) is 0. The quantitative estimate of drug-likeness (QED) is 0.863. The first-order valence-electron chi connectivity index (χ1n) is 5.04. The lowest BCUT2D eigenvalue weighted by atomic mass is 10.1. The van der Waals surface area contributed by atoms with E-state index in [9.17, 15) is 4.39 Å². The molecule has 2 N–H and O–H groups in total. The topological polar surface area (TPSA) is 35.2 Å². The van der Waals surface area contributed by atoms with Gasteiger partial charge < -0.3 is 10.5 Å². The molecule has 0 fully saturated rings. The van der Waals surface area contributed by atoms with Crippen molar-refractivity contribution in [3.8, 4) is 5.75 Å². The maximum atomic E-state index is 13.0. The molecule has 0 heterocycles. The van der Waals surface area contributed by atoms with Gasteiger partial charge in [-0.15, -0.1) is 0 Å². The van der Waals surface area contributed by atoms with E-state index in [1.54, 1.807) is 6.07 Å². The van der Waals surface area contributed by atoms with Crippen molar-refractivity contribution in [1.29, 1.82) is 0 Å². The fourth-order valence-corrected chi connectivity index (χ4v) is 1.33. The summed E-state index contributed by atoms with van der Waals surface area (Å²) in [5, 5.41) is 0. The summed E-state index contributed by atoms with van der Waals surface area (Å²) in [5.41, 5.74) is 8.60. The van der Waals surface area contributed by atoms with Gasteiger partial charge in [0.25, 0.3) is 0 Å². The van der Waals surface area contributed by atoms with Gasteiger partial charge in [-0.3, -0.25) is 0 Å². The van der Waals surface area contributed by atoms with Gasteiger partial charge in [-0.1, -0.05) is 11.6 Å². The lowest BCUT2D eigenvalue weighted by Crippen LogP contribution is -2.07. The van der Waals surface area contributed by atoms with Crippen LogP contribution in [0.15, 0.2) is 29.3 Å². The Bertz CT molecular complexity index is 379. The Morgan fingerprint density at radius 1 is 1.56 bits per heavy atom. The van der Waals surface area contributed by atoms with Crippen molar-refractivity contribution in [2.45, 2.75) is 13.3 Å². The van der Waals surface area contributed by atoms with E-state index < -0.39 is 0 Å². The minimum Gasteiger partial charge on any atom is -0.489 e. The van der Waals surface area contributed by atoms with E-state index in [2.05, 4.69) is 0 Å². The summed E-state index contributed by atoms with van der Waals surface area (Å²) < 4.78 is 18.5. The lowest BCUT2D eigenvalue weighted by molar-refractivity contribution is 0.348. The van der Waals surface area contributed by atoms with Gasteiger partial charge in [0, 0.05) is 5.54 Å². The first kappa shape index (κ1) is 13.0. The van der Waals surface area contributed by atoms with Crippen LogP contribution in [0.25, 0.3) is 0 Å². The van der Waals surface area contributed by atoms with Gasteiger partial charge in [0.1, 0.15) is 18.2 Å². The summed E-state index contributed by atoms with van der Waals surface area (Å²) in [6.07, 6.45) is 0.594. The lowest BCUT2D eigenvalue weighted by Gasteiger charge is -2.11. The van der Waals surface area contributed by atoms with E-state index >= 15 is 0 Å². The zero-order valence-electron chi connectivity index (χ0n) is 9.17. The highest BCUT2D eigenvalue weighted by atomic mass is 35.5. The molecule has 0 spiro atoms. The summed E-state index contributed by atoms with van der Waals surface area (Å²) >= 11 is 5.52. The van der Waals surface area contributed by atoms with Crippen molar-refractivity contribution in [2.24, 2.45) is 5.73 Å². The van der Waals surface area contributed by atoms with E-state index in [1.165, 1.54) is 17.7 Å². The SMILES string of the molecule is C/C(=C/Cl)COc1ccc(F)cc1CCN. The second-order valence-corrected chi connectivity index (χ2v) is 3.75. The van der Waals surface area contributed by atoms with Crippen molar-refractivity contribution in [3.05, 3.63) is 40.7 Å². The molecule has 1 aromatic carbocycles. The number of halogens is 2. The molecule has 0 amide bonds. The fourth-order valence-electron chi connectivity index (χ4n) is 1.26. The maximum absolute atomic E-state index is 13.0. The molecule has 0 saturated carbocycles. The summed E-state index contributed by atoms with van der Waals surface area (Å²) in [6, 6.07) is 4.43. The van der Waals surface area contributed by atoms with E-state index in [1.807, 2.05) is 6.92 Å². The van der Waals surface area contributed by atoms with Crippen LogP contribution in [0.4, 0.5) is 4.39 Å². The number of ether oxygens (including phenoxy) is 1. The molecule has 2 nitrogen and oxygen atoms in total. The molecule has 0 aromatic heterocycles. The number of hydrogen-bond donors (Lipinski definition) is 1. The highest BCUT2D eigenvalue weighted by molar-refractivity contribution is 6.25. The Labute approximate surface area is 99.9 Å². The fraction of sp³-hybridized carbons (Fsp3) is 0.333. The predicted molar refractivity (Wildman–Crippen MR) is 64.3 cm³/mol. The minimum absolute atomic E-state index is 0.277. The zero-order valence-corrected chi connectivity index (χ0v) is 9.93. The average molecular weight is 244 g/mol. The number of rotatable bonds is 5. The average Bonchev–Trinajstić information content (AvgIpc) is 2.28. The highest BCUT2D eigenvalue weighted by Crippen LogP contribution is 2.20. The van der Waals surface area contributed by atoms with E-state index in [-0.39, 0.29) is 5.82 Å². The Morgan fingerprint density at radius 3 is 2.94 bits per heavy atom. The molecule has 0 bridgehead atoms. The summed E-state index contributed by atoms with van der Waals surface area (Å²) in [6.45, 7) is 2.72. The molecule has 88 valence electrons. The molecule has 0 aliphatic heterocycles. The first-order chi connectivity index (χ1) is 7.67. The standard InChI is InChI=1S/C12H15ClFNO/c1-9(7-13)8-16-12-3-2-11(14)6-10(12)4-5-15/h2-3,6-7H,4-5,8,15H2,1H3/b9-7-. The van der Waals surface area contributed by atoms with Crippen LogP contribution >= 0.6 is 11.6 Å². The van der Waals surface area contributed by atoms with Crippen LogP contribution in [0.5, 0.6) is 5.75 Å².